The third-order valence-electron chi connectivity index (χ3n) is 10.9. The first-order valence-electron chi connectivity index (χ1n) is 18.6. The van der Waals surface area contributed by atoms with Gasteiger partial charge in [-0.1, -0.05) is 125 Å². The number of rotatable bonds is 6. The third-order valence-corrected chi connectivity index (χ3v) is 10.9. The van der Waals surface area contributed by atoms with Crippen LogP contribution in [0.25, 0.3) is 88.7 Å². The maximum absolute atomic E-state index is 6.92. The molecule has 4 heteroatoms. The summed E-state index contributed by atoms with van der Waals surface area (Å²) < 4.78 is 11.7. The molecule has 0 N–H and O–H groups in total. The van der Waals surface area contributed by atoms with Crippen molar-refractivity contribution in [1.82, 2.24) is 14.1 Å². The Bertz CT molecular complexity index is 2930. The summed E-state index contributed by atoms with van der Waals surface area (Å²) >= 11 is 0. The van der Waals surface area contributed by atoms with Gasteiger partial charge >= 0.3 is 0 Å². The van der Waals surface area contributed by atoms with Gasteiger partial charge < -0.3 is 8.98 Å². The molecule has 0 atom stereocenters. The molecule has 0 amide bonds. The van der Waals surface area contributed by atoms with Gasteiger partial charge in [-0.05, 0) is 88.7 Å². The highest BCUT2D eigenvalue weighted by molar-refractivity contribution is 6.16. The lowest BCUT2D eigenvalue weighted by Crippen LogP contribution is -2.09. The van der Waals surface area contributed by atoms with Crippen molar-refractivity contribution in [2.75, 3.05) is 0 Å². The van der Waals surface area contributed by atoms with E-state index in [4.69, 9.17) is 9.40 Å². The van der Waals surface area contributed by atoms with E-state index in [0.717, 1.165) is 61.1 Å². The number of para-hydroxylation sites is 5. The van der Waals surface area contributed by atoms with E-state index in [9.17, 15) is 0 Å². The van der Waals surface area contributed by atoms with Crippen LogP contribution in [0.1, 0.15) is 50.7 Å². The monoisotopic (exact) mass is 685 g/mol. The molecule has 0 saturated carbocycles. The van der Waals surface area contributed by atoms with Gasteiger partial charge in [0.15, 0.2) is 5.58 Å². The van der Waals surface area contributed by atoms with Crippen molar-refractivity contribution < 1.29 is 4.42 Å². The zero-order chi connectivity index (χ0) is 35.8. The number of imidazole rings is 1. The molecule has 3 heterocycles. The Morgan fingerprint density at radius 2 is 1.08 bits per heavy atom. The predicted octanol–water partition coefficient (Wildman–Crippen LogP) is 13.6. The summed E-state index contributed by atoms with van der Waals surface area (Å²) in [7, 11) is 0. The molecule has 256 valence electrons. The van der Waals surface area contributed by atoms with Crippen LogP contribution in [0.3, 0.4) is 0 Å². The van der Waals surface area contributed by atoms with E-state index in [1.54, 1.807) is 0 Å². The molecule has 0 radical (unpaired) electrons. The first-order valence-corrected chi connectivity index (χ1v) is 18.6. The molecule has 0 aliphatic rings. The molecule has 3 aromatic heterocycles. The van der Waals surface area contributed by atoms with Crippen LogP contribution in [0.5, 0.6) is 0 Å². The van der Waals surface area contributed by atoms with Gasteiger partial charge in [0.1, 0.15) is 11.4 Å². The Kier molecular flexibility index (Phi) is 7.16. The molecule has 0 aliphatic carbocycles. The standard InChI is InChI=1S/C49H39N3O/c1-30(2)38-28-33(32-16-6-5-7-17-32)29-39(31(3)4)47(38)52-43-24-14-11-21-40(43)50-49(52)37-26-27-44(48-46(37)36-20-10-15-25-45(36)53-48)51-41-22-12-8-18-34(41)35-19-9-13-23-42(35)51/h5-31H,1-4H3. The number of furan rings is 1. The lowest BCUT2D eigenvalue weighted by atomic mass is 9.88. The molecular formula is C49H39N3O. The number of fused-ring (bicyclic) bond motifs is 7. The van der Waals surface area contributed by atoms with Gasteiger partial charge in [-0.25, -0.2) is 4.98 Å². The van der Waals surface area contributed by atoms with Gasteiger partial charge in [-0.3, -0.25) is 4.57 Å². The molecule has 10 aromatic rings. The summed E-state index contributed by atoms with van der Waals surface area (Å²) in [5.41, 5.74) is 14.4. The predicted molar refractivity (Wildman–Crippen MR) is 222 cm³/mol. The van der Waals surface area contributed by atoms with Crippen LogP contribution in [-0.2, 0) is 0 Å². The molecular weight excluding hydrogens is 647 g/mol. The first kappa shape index (κ1) is 31.4. The minimum atomic E-state index is 0.271. The van der Waals surface area contributed by atoms with Crippen LogP contribution >= 0.6 is 0 Å². The summed E-state index contributed by atoms with van der Waals surface area (Å²) in [4.78, 5) is 5.48. The number of aromatic nitrogens is 3. The molecule has 0 spiro atoms. The van der Waals surface area contributed by atoms with Crippen LogP contribution < -0.4 is 0 Å². The Hall–Kier alpha value is -6.39. The van der Waals surface area contributed by atoms with Crippen LogP contribution in [0.15, 0.2) is 156 Å². The van der Waals surface area contributed by atoms with E-state index in [2.05, 4.69) is 188 Å². The maximum atomic E-state index is 6.92. The zero-order valence-corrected chi connectivity index (χ0v) is 30.3. The van der Waals surface area contributed by atoms with Gasteiger partial charge in [0.25, 0.3) is 0 Å². The maximum Gasteiger partial charge on any atom is 0.160 e. The highest BCUT2D eigenvalue weighted by atomic mass is 16.3. The normalized spacial score (nSPS) is 12.1. The van der Waals surface area contributed by atoms with Crippen molar-refractivity contribution in [3.05, 3.63) is 163 Å². The van der Waals surface area contributed by atoms with Crippen molar-refractivity contribution in [2.45, 2.75) is 39.5 Å². The number of benzene rings is 7. The highest BCUT2D eigenvalue weighted by Gasteiger charge is 2.27. The number of hydrogen-bond acceptors (Lipinski definition) is 2. The molecule has 0 saturated heterocycles. The van der Waals surface area contributed by atoms with Gasteiger partial charge in [-0.2, -0.15) is 0 Å². The molecule has 0 aliphatic heterocycles. The van der Waals surface area contributed by atoms with Crippen molar-refractivity contribution in [1.29, 1.82) is 0 Å². The second-order valence-corrected chi connectivity index (χ2v) is 14.7. The van der Waals surface area contributed by atoms with E-state index in [1.165, 1.54) is 38.7 Å². The summed E-state index contributed by atoms with van der Waals surface area (Å²) in [5, 5.41) is 4.58. The minimum absolute atomic E-state index is 0.271. The molecule has 0 fully saturated rings. The van der Waals surface area contributed by atoms with E-state index in [0.29, 0.717) is 0 Å². The van der Waals surface area contributed by atoms with Crippen LogP contribution in [0.2, 0.25) is 0 Å². The Morgan fingerprint density at radius 1 is 0.509 bits per heavy atom. The van der Waals surface area contributed by atoms with E-state index in [-0.39, 0.29) is 11.8 Å². The minimum Gasteiger partial charge on any atom is -0.454 e. The quantitative estimate of drug-likeness (QED) is 0.175. The average molecular weight is 686 g/mol. The van der Waals surface area contributed by atoms with Crippen molar-refractivity contribution in [3.8, 4) is 33.9 Å². The number of hydrogen-bond donors (Lipinski definition) is 0. The average Bonchev–Trinajstić information content (AvgIpc) is 3.88. The van der Waals surface area contributed by atoms with Crippen molar-refractivity contribution in [3.63, 3.8) is 0 Å². The van der Waals surface area contributed by atoms with E-state index < -0.39 is 0 Å². The van der Waals surface area contributed by atoms with Crippen LogP contribution in [0, 0.1) is 0 Å². The summed E-state index contributed by atoms with van der Waals surface area (Å²) in [6.45, 7) is 9.22. The molecule has 4 nitrogen and oxygen atoms in total. The van der Waals surface area contributed by atoms with E-state index >= 15 is 0 Å². The topological polar surface area (TPSA) is 35.9 Å². The summed E-state index contributed by atoms with van der Waals surface area (Å²) in [6.07, 6.45) is 0. The highest BCUT2D eigenvalue weighted by Crippen LogP contribution is 2.45. The largest absolute Gasteiger partial charge is 0.454 e. The van der Waals surface area contributed by atoms with Crippen molar-refractivity contribution >= 4 is 54.8 Å². The van der Waals surface area contributed by atoms with Gasteiger partial charge in [0.2, 0.25) is 0 Å². The van der Waals surface area contributed by atoms with Gasteiger partial charge in [-0.15, -0.1) is 0 Å². The fourth-order valence-electron chi connectivity index (χ4n) is 8.41. The summed E-state index contributed by atoms with van der Waals surface area (Å²) in [6, 6.07) is 54.3. The SMILES string of the molecule is CC(C)c1cc(-c2ccccc2)cc(C(C)C)c1-n1c(-c2ccc(-n3c4ccccc4c4ccccc43)c3oc4ccccc4c23)nc2ccccc21. The molecule has 7 aromatic carbocycles. The summed E-state index contributed by atoms with van der Waals surface area (Å²) in [5.74, 6) is 1.45. The van der Waals surface area contributed by atoms with Gasteiger partial charge in [0, 0.05) is 27.1 Å². The van der Waals surface area contributed by atoms with Crippen LogP contribution in [-0.4, -0.2) is 14.1 Å². The fraction of sp³-hybridized carbons (Fsp3) is 0.122. The Morgan fingerprint density at radius 3 is 1.74 bits per heavy atom. The fourth-order valence-corrected chi connectivity index (χ4v) is 8.41. The third kappa shape index (κ3) is 4.79. The smallest absolute Gasteiger partial charge is 0.160 e. The molecule has 0 bridgehead atoms. The zero-order valence-electron chi connectivity index (χ0n) is 30.3. The lowest BCUT2D eigenvalue weighted by Gasteiger charge is -2.24. The van der Waals surface area contributed by atoms with Crippen molar-refractivity contribution in [2.24, 2.45) is 0 Å². The Balaban J connectivity index is 1.32. The number of nitrogens with zero attached hydrogens (tertiary/aromatic N) is 3. The van der Waals surface area contributed by atoms with Crippen LogP contribution in [0.4, 0.5) is 0 Å². The second-order valence-electron chi connectivity index (χ2n) is 14.7. The molecule has 10 rings (SSSR count). The lowest BCUT2D eigenvalue weighted by molar-refractivity contribution is 0.666. The van der Waals surface area contributed by atoms with Gasteiger partial charge in [0.05, 0.1) is 33.4 Å². The molecule has 53 heavy (non-hydrogen) atoms. The van der Waals surface area contributed by atoms with E-state index in [1.807, 2.05) is 0 Å². The first-order chi connectivity index (χ1) is 26.0. The second kappa shape index (κ2) is 12.1. The molecule has 0 unspecified atom stereocenters. The Labute approximate surface area is 308 Å².